The summed E-state index contributed by atoms with van der Waals surface area (Å²) in [6.07, 6.45) is -1.32. The SMILES string of the molecule is Cc1c([N+](=O)[O-])cc(C(=O)OC(C)C(=O)Nc2cc(Cl)cc(Cl)c2)cc1[N+](=O)[O-]. The normalized spacial score (nSPS) is 11.4. The van der Waals surface area contributed by atoms with Gasteiger partial charge in [0.1, 0.15) is 5.56 Å². The fourth-order valence-electron chi connectivity index (χ4n) is 2.33. The molecule has 0 saturated heterocycles. The Labute approximate surface area is 173 Å². The third kappa shape index (κ3) is 5.39. The highest BCUT2D eigenvalue weighted by atomic mass is 35.5. The maximum atomic E-state index is 12.3. The van der Waals surface area contributed by atoms with E-state index in [1.54, 1.807) is 0 Å². The van der Waals surface area contributed by atoms with Crippen molar-refractivity contribution in [2.45, 2.75) is 20.0 Å². The second kappa shape index (κ2) is 8.84. The van der Waals surface area contributed by atoms with Crippen molar-refractivity contribution in [1.82, 2.24) is 0 Å². The zero-order valence-electron chi connectivity index (χ0n) is 15.0. The summed E-state index contributed by atoms with van der Waals surface area (Å²) in [5.74, 6) is -1.87. The summed E-state index contributed by atoms with van der Waals surface area (Å²) in [6, 6.07) is 6.01. The van der Waals surface area contributed by atoms with Gasteiger partial charge in [-0.25, -0.2) is 4.79 Å². The second-order valence-electron chi connectivity index (χ2n) is 5.85. The van der Waals surface area contributed by atoms with Gasteiger partial charge in [0, 0.05) is 27.9 Å². The molecule has 152 valence electrons. The molecule has 12 heteroatoms. The smallest absolute Gasteiger partial charge is 0.339 e. The van der Waals surface area contributed by atoms with E-state index in [-0.39, 0.29) is 21.3 Å². The van der Waals surface area contributed by atoms with Crippen molar-refractivity contribution in [3.8, 4) is 0 Å². The summed E-state index contributed by atoms with van der Waals surface area (Å²) in [5, 5.41) is 25.2. The second-order valence-corrected chi connectivity index (χ2v) is 6.72. The highest BCUT2D eigenvalue weighted by molar-refractivity contribution is 6.35. The van der Waals surface area contributed by atoms with Crippen molar-refractivity contribution in [3.05, 3.63) is 71.7 Å². The number of esters is 1. The summed E-state index contributed by atoms with van der Waals surface area (Å²) < 4.78 is 4.98. The summed E-state index contributed by atoms with van der Waals surface area (Å²) in [7, 11) is 0. The van der Waals surface area contributed by atoms with E-state index in [0.29, 0.717) is 0 Å². The molecule has 1 atom stereocenters. The number of halogens is 2. The van der Waals surface area contributed by atoms with Crippen molar-refractivity contribution in [2.75, 3.05) is 5.32 Å². The van der Waals surface area contributed by atoms with Crippen LogP contribution in [0.5, 0.6) is 0 Å². The number of rotatable bonds is 6. The number of carbonyl (C=O) groups excluding carboxylic acids is 2. The van der Waals surface area contributed by atoms with E-state index < -0.39 is 44.8 Å². The van der Waals surface area contributed by atoms with Crippen LogP contribution in [-0.2, 0) is 9.53 Å². The van der Waals surface area contributed by atoms with Gasteiger partial charge in [-0.2, -0.15) is 0 Å². The third-order valence-electron chi connectivity index (χ3n) is 3.77. The summed E-state index contributed by atoms with van der Waals surface area (Å²) >= 11 is 11.7. The molecule has 0 bridgehead atoms. The molecule has 0 saturated carbocycles. The Bertz CT molecular complexity index is 971. The molecule has 0 heterocycles. The van der Waals surface area contributed by atoms with Crippen molar-refractivity contribution < 1.29 is 24.2 Å². The first-order valence-electron chi connectivity index (χ1n) is 7.91. The molecule has 0 aliphatic rings. The first kappa shape index (κ1) is 22.1. The van der Waals surface area contributed by atoms with E-state index >= 15 is 0 Å². The average Bonchev–Trinajstić information content (AvgIpc) is 2.60. The lowest BCUT2D eigenvalue weighted by Crippen LogP contribution is -2.30. The number of nitrogens with one attached hydrogen (secondary N) is 1. The van der Waals surface area contributed by atoms with Crippen LogP contribution in [-0.4, -0.2) is 27.8 Å². The van der Waals surface area contributed by atoms with Gasteiger partial charge >= 0.3 is 5.97 Å². The Kier molecular flexibility index (Phi) is 6.72. The molecule has 10 nitrogen and oxygen atoms in total. The standard InChI is InChI=1S/C17H13Cl2N3O7/c1-8-14(21(25)26)3-10(4-15(8)22(27)28)17(24)29-9(2)16(23)20-13-6-11(18)5-12(19)7-13/h3-7,9H,1-2H3,(H,20,23). The number of nitro groups is 2. The number of hydrogen-bond donors (Lipinski definition) is 1. The number of carbonyl (C=O) groups is 2. The Morgan fingerprint density at radius 1 is 1.00 bits per heavy atom. The topological polar surface area (TPSA) is 142 Å². The molecule has 0 radical (unpaired) electrons. The molecule has 0 aliphatic heterocycles. The minimum atomic E-state index is -1.32. The molecule has 1 amide bonds. The number of anilines is 1. The number of benzene rings is 2. The van der Waals surface area contributed by atoms with Crippen LogP contribution in [0.15, 0.2) is 30.3 Å². The fourth-order valence-corrected chi connectivity index (χ4v) is 2.86. The van der Waals surface area contributed by atoms with Crippen molar-refractivity contribution in [1.29, 1.82) is 0 Å². The lowest BCUT2D eigenvalue weighted by molar-refractivity contribution is -0.395. The minimum absolute atomic E-state index is 0.208. The number of hydrogen-bond acceptors (Lipinski definition) is 7. The van der Waals surface area contributed by atoms with E-state index in [0.717, 1.165) is 12.1 Å². The molecule has 2 aromatic rings. The van der Waals surface area contributed by atoms with Gasteiger partial charge in [-0.3, -0.25) is 25.0 Å². The number of nitrogens with zero attached hydrogens (tertiary/aromatic N) is 2. The minimum Gasteiger partial charge on any atom is -0.449 e. The van der Waals surface area contributed by atoms with Crippen LogP contribution in [0.3, 0.4) is 0 Å². The molecular weight excluding hydrogens is 429 g/mol. The maximum absolute atomic E-state index is 12.3. The number of nitro benzene ring substituents is 2. The number of ether oxygens (including phenoxy) is 1. The van der Waals surface area contributed by atoms with E-state index in [2.05, 4.69) is 5.32 Å². The Morgan fingerprint density at radius 3 is 1.93 bits per heavy atom. The quantitative estimate of drug-likeness (QED) is 0.399. The van der Waals surface area contributed by atoms with Crippen LogP contribution in [0, 0.1) is 27.2 Å². The van der Waals surface area contributed by atoms with Crippen LogP contribution < -0.4 is 5.32 Å². The van der Waals surface area contributed by atoms with Crippen LogP contribution >= 0.6 is 23.2 Å². The predicted molar refractivity (Wildman–Crippen MR) is 104 cm³/mol. The van der Waals surface area contributed by atoms with Crippen LogP contribution in [0.1, 0.15) is 22.8 Å². The monoisotopic (exact) mass is 441 g/mol. The zero-order chi connectivity index (χ0) is 21.9. The average molecular weight is 442 g/mol. The van der Waals surface area contributed by atoms with Gasteiger partial charge in [-0.15, -0.1) is 0 Å². The van der Waals surface area contributed by atoms with Crippen LogP contribution in [0.4, 0.5) is 17.1 Å². The van der Waals surface area contributed by atoms with E-state index in [1.807, 2.05) is 0 Å². The van der Waals surface area contributed by atoms with Crippen LogP contribution in [0.25, 0.3) is 0 Å². The fraction of sp³-hybridized carbons (Fsp3) is 0.176. The van der Waals surface area contributed by atoms with Gasteiger partial charge in [0.05, 0.1) is 15.4 Å². The van der Waals surface area contributed by atoms with Gasteiger partial charge in [-0.1, -0.05) is 23.2 Å². The largest absolute Gasteiger partial charge is 0.449 e. The summed E-state index contributed by atoms with van der Waals surface area (Å²) in [6.45, 7) is 2.45. The molecule has 29 heavy (non-hydrogen) atoms. The van der Waals surface area contributed by atoms with Gasteiger partial charge in [0.15, 0.2) is 6.10 Å². The highest BCUT2D eigenvalue weighted by Gasteiger charge is 2.27. The van der Waals surface area contributed by atoms with E-state index in [9.17, 15) is 29.8 Å². The van der Waals surface area contributed by atoms with Gasteiger partial charge in [-0.05, 0) is 32.0 Å². The predicted octanol–water partition coefficient (Wildman–Crippen LogP) is 4.30. The molecule has 0 aliphatic carbocycles. The zero-order valence-corrected chi connectivity index (χ0v) is 16.5. The first-order valence-corrected chi connectivity index (χ1v) is 8.66. The van der Waals surface area contributed by atoms with Crippen molar-refractivity contribution >= 4 is 52.1 Å². The molecule has 2 rings (SSSR count). The summed E-state index contributed by atoms with van der Waals surface area (Å²) in [5.41, 5.74) is -1.61. The number of amides is 1. The Balaban J connectivity index is 2.21. The van der Waals surface area contributed by atoms with E-state index in [1.165, 1.54) is 32.0 Å². The molecule has 1 unspecified atom stereocenters. The van der Waals surface area contributed by atoms with Gasteiger partial charge < -0.3 is 10.1 Å². The first-order chi connectivity index (χ1) is 13.5. The summed E-state index contributed by atoms with van der Waals surface area (Å²) in [4.78, 5) is 45.0. The molecule has 2 aromatic carbocycles. The van der Waals surface area contributed by atoms with Gasteiger partial charge in [0.2, 0.25) is 0 Å². The lowest BCUT2D eigenvalue weighted by Gasteiger charge is -2.14. The molecule has 1 N–H and O–H groups in total. The molecule has 0 spiro atoms. The molecule has 0 aromatic heterocycles. The highest BCUT2D eigenvalue weighted by Crippen LogP contribution is 2.30. The maximum Gasteiger partial charge on any atom is 0.339 e. The third-order valence-corrected chi connectivity index (χ3v) is 4.20. The van der Waals surface area contributed by atoms with Crippen LogP contribution in [0.2, 0.25) is 10.0 Å². The van der Waals surface area contributed by atoms with Gasteiger partial charge in [0.25, 0.3) is 17.3 Å². The Morgan fingerprint density at radius 2 is 1.48 bits per heavy atom. The van der Waals surface area contributed by atoms with E-state index in [4.69, 9.17) is 27.9 Å². The lowest BCUT2D eigenvalue weighted by atomic mass is 10.1. The van der Waals surface area contributed by atoms with Crippen molar-refractivity contribution in [2.24, 2.45) is 0 Å². The molecule has 0 fully saturated rings. The molecular formula is C17H13Cl2N3O7. The van der Waals surface area contributed by atoms with Crippen molar-refractivity contribution in [3.63, 3.8) is 0 Å². The Hall–Kier alpha value is -3.24.